The topological polar surface area (TPSA) is 24.5 Å². The van der Waals surface area contributed by atoms with Crippen LogP contribution in [-0.4, -0.2) is 44.4 Å². The lowest BCUT2D eigenvalue weighted by atomic mass is 10.0. The summed E-state index contributed by atoms with van der Waals surface area (Å²) in [5, 5.41) is 2.94. The number of methoxy groups -OCH3 is 1. The van der Waals surface area contributed by atoms with E-state index >= 15 is 0 Å². The Hall–Kier alpha value is -0.900. The van der Waals surface area contributed by atoms with Gasteiger partial charge in [0.15, 0.2) is 0 Å². The lowest BCUT2D eigenvalue weighted by Gasteiger charge is -2.36. The summed E-state index contributed by atoms with van der Waals surface area (Å²) in [5.74, 6) is -0.416. The molecule has 1 aromatic carbocycles. The average Bonchev–Trinajstić information content (AvgIpc) is 2.46. The quantitative estimate of drug-likeness (QED) is 0.754. The van der Waals surface area contributed by atoms with Crippen molar-refractivity contribution in [1.29, 1.82) is 0 Å². The molecular formula is C14H18Cl2F6N2O. The van der Waals surface area contributed by atoms with Crippen molar-refractivity contribution in [3.05, 3.63) is 29.3 Å². The number of nitrogens with one attached hydrogen (secondary N) is 1. The third kappa shape index (κ3) is 5.80. The van der Waals surface area contributed by atoms with Gasteiger partial charge in [0.25, 0.3) is 0 Å². The Morgan fingerprint density at radius 1 is 1.04 bits per heavy atom. The van der Waals surface area contributed by atoms with Crippen LogP contribution in [0.15, 0.2) is 18.2 Å². The number of alkyl halides is 6. The Kier molecular flexibility index (Phi) is 8.83. The fourth-order valence-electron chi connectivity index (χ4n) is 2.63. The molecule has 0 saturated carbocycles. The first-order chi connectivity index (χ1) is 10.6. The van der Waals surface area contributed by atoms with Gasteiger partial charge < -0.3 is 10.1 Å². The molecule has 0 bridgehead atoms. The lowest BCUT2D eigenvalue weighted by molar-refractivity contribution is -0.188. The van der Waals surface area contributed by atoms with Gasteiger partial charge in [-0.2, -0.15) is 26.3 Å². The normalized spacial score (nSPS) is 17.2. The maximum Gasteiger partial charge on any atom is 0.416 e. The molecule has 0 amide bonds. The fraction of sp³-hybridized carbons (Fsp3) is 0.571. The van der Waals surface area contributed by atoms with E-state index in [-0.39, 0.29) is 43.5 Å². The smallest absolute Gasteiger partial charge is 0.416 e. The second-order valence-corrected chi connectivity index (χ2v) is 5.18. The Labute approximate surface area is 153 Å². The van der Waals surface area contributed by atoms with Crippen LogP contribution in [0.4, 0.5) is 26.3 Å². The van der Waals surface area contributed by atoms with Crippen LogP contribution in [0.5, 0.6) is 5.75 Å². The number of piperazine rings is 1. The zero-order valence-electron chi connectivity index (χ0n) is 13.1. The van der Waals surface area contributed by atoms with Crippen molar-refractivity contribution in [2.45, 2.75) is 18.4 Å². The number of rotatable bonds is 3. The predicted octanol–water partition coefficient (Wildman–Crippen LogP) is 4.07. The van der Waals surface area contributed by atoms with E-state index in [4.69, 9.17) is 4.74 Å². The van der Waals surface area contributed by atoms with E-state index in [0.717, 1.165) is 13.2 Å². The average molecular weight is 415 g/mol. The van der Waals surface area contributed by atoms with Crippen molar-refractivity contribution >= 4 is 24.8 Å². The third-order valence-corrected chi connectivity index (χ3v) is 3.68. The van der Waals surface area contributed by atoms with E-state index < -0.39 is 29.7 Å². The fourth-order valence-corrected chi connectivity index (χ4v) is 2.63. The van der Waals surface area contributed by atoms with Gasteiger partial charge in [-0.3, -0.25) is 4.90 Å². The minimum atomic E-state index is -4.64. The highest BCUT2D eigenvalue weighted by Gasteiger charge is 2.46. The Morgan fingerprint density at radius 2 is 1.60 bits per heavy atom. The van der Waals surface area contributed by atoms with Crippen LogP contribution in [0.25, 0.3) is 0 Å². The van der Waals surface area contributed by atoms with Crippen molar-refractivity contribution in [2.24, 2.45) is 0 Å². The van der Waals surface area contributed by atoms with Crippen molar-refractivity contribution in [3.63, 3.8) is 0 Å². The zero-order chi connectivity index (χ0) is 17.3. The first kappa shape index (κ1) is 24.1. The molecule has 0 aliphatic carbocycles. The highest BCUT2D eigenvalue weighted by Crippen LogP contribution is 2.43. The maximum absolute atomic E-state index is 13.5. The molecule has 1 aliphatic heterocycles. The number of halogens is 8. The maximum atomic E-state index is 13.5. The number of hydrogen-bond donors (Lipinski definition) is 1. The monoisotopic (exact) mass is 414 g/mol. The van der Waals surface area contributed by atoms with E-state index in [1.165, 1.54) is 4.90 Å². The van der Waals surface area contributed by atoms with Crippen LogP contribution in [-0.2, 0) is 6.18 Å². The molecule has 0 unspecified atom stereocenters. The van der Waals surface area contributed by atoms with Gasteiger partial charge in [-0.15, -0.1) is 24.8 Å². The largest absolute Gasteiger partial charge is 0.496 e. The lowest BCUT2D eigenvalue weighted by Crippen LogP contribution is -2.49. The Bertz CT molecular complexity index is 547. The summed E-state index contributed by atoms with van der Waals surface area (Å²) < 4.78 is 83.5. The van der Waals surface area contributed by atoms with E-state index in [0.29, 0.717) is 25.2 Å². The molecule has 0 aromatic heterocycles. The molecule has 1 heterocycles. The molecule has 146 valence electrons. The first-order valence-electron chi connectivity index (χ1n) is 6.91. The van der Waals surface area contributed by atoms with Gasteiger partial charge in [-0.1, -0.05) is 6.07 Å². The number of ether oxygens (including phenoxy) is 1. The summed E-state index contributed by atoms with van der Waals surface area (Å²) in [7, 11) is 1.06. The zero-order valence-corrected chi connectivity index (χ0v) is 14.7. The summed E-state index contributed by atoms with van der Waals surface area (Å²) in [5.41, 5.74) is -1.35. The van der Waals surface area contributed by atoms with Crippen LogP contribution >= 0.6 is 24.8 Å². The van der Waals surface area contributed by atoms with Gasteiger partial charge in [0.2, 0.25) is 0 Å². The van der Waals surface area contributed by atoms with Gasteiger partial charge in [-0.25, -0.2) is 0 Å². The molecule has 0 spiro atoms. The van der Waals surface area contributed by atoms with Gasteiger partial charge in [0.1, 0.15) is 11.8 Å². The van der Waals surface area contributed by atoms with Crippen molar-refractivity contribution in [2.75, 3.05) is 33.3 Å². The molecule has 2 rings (SSSR count). The molecule has 1 N–H and O–H groups in total. The van der Waals surface area contributed by atoms with E-state index in [1.54, 1.807) is 0 Å². The van der Waals surface area contributed by atoms with Crippen molar-refractivity contribution < 1.29 is 31.1 Å². The van der Waals surface area contributed by atoms with Crippen molar-refractivity contribution in [3.8, 4) is 5.75 Å². The molecule has 3 nitrogen and oxygen atoms in total. The van der Waals surface area contributed by atoms with Crippen LogP contribution in [0.1, 0.15) is 17.2 Å². The molecule has 25 heavy (non-hydrogen) atoms. The molecule has 1 atom stereocenters. The van der Waals surface area contributed by atoms with Crippen LogP contribution in [0, 0.1) is 0 Å². The summed E-state index contributed by atoms with van der Waals surface area (Å²) in [6, 6.07) is 0.110. The third-order valence-electron chi connectivity index (χ3n) is 3.68. The summed E-state index contributed by atoms with van der Waals surface area (Å²) >= 11 is 0. The molecule has 1 aliphatic rings. The number of benzene rings is 1. The predicted molar refractivity (Wildman–Crippen MR) is 85.7 cm³/mol. The van der Waals surface area contributed by atoms with Gasteiger partial charge >= 0.3 is 12.4 Å². The second kappa shape index (κ2) is 9.16. The van der Waals surface area contributed by atoms with E-state index in [1.807, 2.05) is 0 Å². The molecule has 11 heteroatoms. The summed E-state index contributed by atoms with van der Waals surface area (Å²) in [4.78, 5) is 1.20. The molecule has 1 aromatic rings. The van der Waals surface area contributed by atoms with Crippen LogP contribution in [0.2, 0.25) is 0 Å². The van der Waals surface area contributed by atoms with E-state index in [9.17, 15) is 26.3 Å². The van der Waals surface area contributed by atoms with Gasteiger partial charge in [0.05, 0.1) is 12.7 Å². The van der Waals surface area contributed by atoms with Crippen LogP contribution < -0.4 is 10.1 Å². The van der Waals surface area contributed by atoms with E-state index in [2.05, 4.69) is 5.32 Å². The molecule has 1 saturated heterocycles. The van der Waals surface area contributed by atoms with Crippen LogP contribution in [0.3, 0.4) is 0 Å². The highest BCUT2D eigenvalue weighted by atomic mass is 35.5. The highest BCUT2D eigenvalue weighted by molar-refractivity contribution is 5.85. The Morgan fingerprint density at radius 3 is 2.04 bits per heavy atom. The summed E-state index contributed by atoms with van der Waals surface area (Å²) in [6.07, 6.45) is -9.26. The molecular weight excluding hydrogens is 397 g/mol. The molecule has 0 radical (unpaired) electrons. The Balaban J connectivity index is 0.00000288. The van der Waals surface area contributed by atoms with Gasteiger partial charge in [-0.05, 0) is 12.1 Å². The van der Waals surface area contributed by atoms with Crippen molar-refractivity contribution in [1.82, 2.24) is 10.2 Å². The summed E-state index contributed by atoms with van der Waals surface area (Å²) in [6.45, 7) is 1.06. The first-order valence-corrected chi connectivity index (χ1v) is 6.91. The number of hydrogen-bond acceptors (Lipinski definition) is 3. The van der Waals surface area contributed by atoms with Gasteiger partial charge in [0, 0.05) is 31.7 Å². The molecule has 1 fully saturated rings. The SMILES string of the molecule is COc1cc(C(F)(F)F)ccc1[C@@H](N1CCNCC1)C(F)(F)F.Cl.Cl. The minimum Gasteiger partial charge on any atom is -0.496 e. The standard InChI is InChI=1S/C14H16F6N2O.2ClH/c1-23-11-8-9(13(15,16)17)2-3-10(11)12(14(18,19)20)22-6-4-21-5-7-22;;/h2-3,8,12,21H,4-7H2,1H3;2*1H/t12-;;/m1../s1. The minimum absolute atomic E-state index is 0. The number of nitrogens with zero attached hydrogens (tertiary/aromatic N) is 1. The second-order valence-electron chi connectivity index (χ2n) is 5.18.